The third-order valence-corrected chi connectivity index (χ3v) is 6.02. The van der Waals surface area contributed by atoms with Crippen LogP contribution in [0.2, 0.25) is 0 Å². The van der Waals surface area contributed by atoms with E-state index >= 15 is 0 Å². The summed E-state index contributed by atoms with van der Waals surface area (Å²) in [5.41, 5.74) is 3.32. The van der Waals surface area contributed by atoms with Crippen molar-refractivity contribution in [2.45, 2.75) is 32.7 Å². The van der Waals surface area contributed by atoms with Gasteiger partial charge in [-0.1, -0.05) is 80.4 Å². The summed E-state index contributed by atoms with van der Waals surface area (Å²) in [7, 11) is 0. The van der Waals surface area contributed by atoms with Gasteiger partial charge in [-0.3, -0.25) is 9.62 Å². The Labute approximate surface area is 221 Å². The van der Waals surface area contributed by atoms with E-state index in [4.69, 9.17) is 5.11 Å². The van der Waals surface area contributed by atoms with Crippen molar-refractivity contribution < 1.29 is 5.11 Å². The molecule has 1 atom stereocenters. The number of aromatic nitrogens is 2. The molecule has 0 bridgehead atoms. The Morgan fingerprint density at radius 1 is 1.08 bits per heavy atom. The summed E-state index contributed by atoms with van der Waals surface area (Å²) in [4.78, 5) is 11.5. The Kier molecular flexibility index (Phi) is 15.5. The van der Waals surface area contributed by atoms with Crippen molar-refractivity contribution in [1.29, 1.82) is 0 Å². The standard InChI is InChI=1S/C23H27N5.C3H9NOS.C2H6/c1-2-5-19(6-3-1)9-10-20-17-25-23(26-18-20)27-21-7-4-8-22(12-11-21)28-15-13-24-14-16-28;1-6-4-2-3-5;1-2/h1-10,17-18,22,24H,11-16H2,(H,25,26,27);4-5H,2-3H2,1H3;1-2H3/b10-9+;;. The molecular formula is C28H42N6OS. The fourth-order valence-electron chi connectivity index (χ4n) is 3.74. The lowest BCUT2D eigenvalue weighted by atomic mass is 10.1. The highest BCUT2D eigenvalue weighted by Gasteiger charge is 2.19. The Bertz CT molecular complexity index is 907. The fourth-order valence-corrected chi connectivity index (χ4v) is 4.04. The first-order valence-corrected chi connectivity index (χ1v) is 14.0. The molecule has 1 unspecified atom stereocenters. The molecule has 36 heavy (non-hydrogen) atoms. The summed E-state index contributed by atoms with van der Waals surface area (Å²) in [6.07, 6.45) is 18.5. The average molecular weight is 511 g/mol. The predicted octanol–water partition coefficient (Wildman–Crippen LogP) is 4.44. The van der Waals surface area contributed by atoms with Gasteiger partial charge in [-0.25, -0.2) is 9.97 Å². The molecular weight excluding hydrogens is 468 g/mol. The van der Waals surface area contributed by atoms with Gasteiger partial charge in [0.05, 0.1) is 6.61 Å². The van der Waals surface area contributed by atoms with Crippen LogP contribution in [0.5, 0.6) is 0 Å². The maximum absolute atomic E-state index is 8.12. The number of hydrogen-bond acceptors (Lipinski definition) is 8. The molecule has 1 saturated heterocycles. The molecule has 8 heteroatoms. The van der Waals surface area contributed by atoms with Crippen molar-refractivity contribution in [3.63, 3.8) is 0 Å². The van der Waals surface area contributed by atoms with Crippen LogP contribution < -0.4 is 15.4 Å². The van der Waals surface area contributed by atoms with Crippen molar-refractivity contribution in [1.82, 2.24) is 24.9 Å². The maximum atomic E-state index is 8.12. The second-order valence-corrected chi connectivity index (χ2v) is 8.70. The monoisotopic (exact) mass is 510 g/mol. The van der Waals surface area contributed by atoms with Crippen LogP contribution in [-0.4, -0.2) is 71.6 Å². The van der Waals surface area contributed by atoms with Crippen molar-refractivity contribution in [2.24, 2.45) is 0 Å². The minimum absolute atomic E-state index is 0.223. The summed E-state index contributed by atoms with van der Waals surface area (Å²) in [6, 6.07) is 10.8. The van der Waals surface area contributed by atoms with Crippen LogP contribution in [0.1, 0.15) is 37.8 Å². The van der Waals surface area contributed by atoms with Gasteiger partial charge in [0.15, 0.2) is 0 Å². The normalized spacial score (nSPS) is 17.8. The zero-order chi connectivity index (χ0) is 25.8. The Morgan fingerprint density at radius 3 is 2.42 bits per heavy atom. The van der Waals surface area contributed by atoms with Crippen LogP contribution in [0.4, 0.5) is 5.95 Å². The van der Waals surface area contributed by atoms with Gasteiger partial charge in [-0.2, -0.15) is 0 Å². The SMILES string of the molecule is C1=CC(N2CCNCC2)CCC(Nc2ncc(/C=C/c3ccccc3)cn2)=C1.CC.CSNCCO. The zero-order valence-corrected chi connectivity index (χ0v) is 22.7. The molecule has 0 amide bonds. The molecule has 1 aromatic carbocycles. The molecule has 0 spiro atoms. The van der Waals surface area contributed by atoms with Crippen molar-refractivity contribution >= 4 is 30.0 Å². The van der Waals surface area contributed by atoms with Gasteiger partial charge < -0.3 is 15.7 Å². The minimum Gasteiger partial charge on any atom is -0.395 e. The van der Waals surface area contributed by atoms with Crippen LogP contribution in [0.3, 0.4) is 0 Å². The highest BCUT2D eigenvalue weighted by molar-refractivity contribution is 7.96. The van der Waals surface area contributed by atoms with Gasteiger partial charge in [-0.05, 0) is 30.7 Å². The Hall–Kier alpha value is -2.49. The highest BCUT2D eigenvalue weighted by Crippen LogP contribution is 2.19. The van der Waals surface area contributed by atoms with Crippen molar-refractivity contribution in [3.05, 3.63) is 77.8 Å². The summed E-state index contributed by atoms with van der Waals surface area (Å²) in [5.74, 6) is 0.650. The topological polar surface area (TPSA) is 85.3 Å². The zero-order valence-electron chi connectivity index (χ0n) is 21.9. The lowest BCUT2D eigenvalue weighted by molar-refractivity contribution is 0.195. The molecule has 2 heterocycles. The second kappa shape index (κ2) is 18.7. The van der Waals surface area contributed by atoms with Gasteiger partial charge in [0, 0.05) is 62.4 Å². The summed E-state index contributed by atoms with van der Waals surface area (Å²) < 4.78 is 2.86. The van der Waals surface area contributed by atoms with E-state index in [-0.39, 0.29) is 6.61 Å². The van der Waals surface area contributed by atoms with Crippen LogP contribution in [0, 0.1) is 0 Å². The third-order valence-electron chi connectivity index (χ3n) is 5.53. The molecule has 1 fully saturated rings. The van der Waals surface area contributed by atoms with E-state index in [1.165, 1.54) is 23.2 Å². The first kappa shape index (κ1) is 29.7. The largest absolute Gasteiger partial charge is 0.395 e. The number of aliphatic hydroxyl groups excluding tert-OH is 1. The molecule has 0 saturated carbocycles. The number of piperazine rings is 1. The van der Waals surface area contributed by atoms with E-state index in [2.05, 4.69) is 66.7 Å². The van der Waals surface area contributed by atoms with Crippen LogP contribution in [0.15, 0.2) is 66.7 Å². The number of allylic oxidation sites excluding steroid dienone is 3. The number of anilines is 1. The maximum Gasteiger partial charge on any atom is 0.226 e. The lowest BCUT2D eigenvalue weighted by Gasteiger charge is -2.33. The Balaban J connectivity index is 0.000000502. The highest BCUT2D eigenvalue weighted by atomic mass is 32.2. The van der Waals surface area contributed by atoms with Gasteiger partial charge >= 0.3 is 0 Å². The molecule has 1 aliphatic heterocycles. The van der Waals surface area contributed by atoms with Crippen LogP contribution >= 0.6 is 11.9 Å². The molecule has 196 valence electrons. The number of nitrogens with one attached hydrogen (secondary N) is 3. The molecule has 4 N–H and O–H groups in total. The predicted molar refractivity (Wildman–Crippen MR) is 156 cm³/mol. The van der Waals surface area contributed by atoms with Gasteiger partial charge in [0.25, 0.3) is 0 Å². The van der Waals surface area contributed by atoms with Crippen molar-refractivity contribution in [2.75, 3.05) is 50.9 Å². The van der Waals surface area contributed by atoms with Gasteiger partial charge in [-0.15, -0.1) is 0 Å². The number of rotatable bonds is 8. The molecule has 2 aromatic rings. The quantitative estimate of drug-likeness (QED) is 0.306. The van der Waals surface area contributed by atoms with E-state index in [9.17, 15) is 0 Å². The van der Waals surface area contributed by atoms with Gasteiger partial charge in [0.2, 0.25) is 5.95 Å². The molecule has 1 aromatic heterocycles. The molecule has 7 nitrogen and oxygen atoms in total. The number of hydrogen-bond donors (Lipinski definition) is 4. The van der Waals surface area contributed by atoms with Crippen LogP contribution in [0.25, 0.3) is 12.2 Å². The molecule has 0 radical (unpaired) electrons. The third kappa shape index (κ3) is 11.5. The van der Waals surface area contributed by atoms with Crippen molar-refractivity contribution in [3.8, 4) is 0 Å². The minimum atomic E-state index is 0.223. The van der Waals surface area contributed by atoms with Gasteiger partial charge in [0.1, 0.15) is 0 Å². The van der Waals surface area contributed by atoms with E-state index in [0.29, 0.717) is 18.5 Å². The van der Waals surface area contributed by atoms with E-state index in [1.807, 2.05) is 56.8 Å². The summed E-state index contributed by atoms with van der Waals surface area (Å²) >= 11 is 1.52. The fraction of sp³-hybridized carbons (Fsp3) is 0.429. The second-order valence-electron chi connectivity index (χ2n) is 8.00. The Morgan fingerprint density at radius 2 is 1.78 bits per heavy atom. The van der Waals surface area contributed by atoms with E-state index in [1.54, 1.807) is 0 Å². The first-order valence-electron chi connectivity index (χ1n) is 12.8. The van der Waals surface area contributed by atoms with E-state index in [0.717, 1.165) is 44.6 Å². The molecule has 1 aliphatic carbocycles. The first-order chi connectivity index (χ1) is 17.8. The summed E-state index contributed by atoms with van der Waals surface area (Å²) in [5, 5.41) is 14.9. The lowest BCUT2D eigenvalue weighted by Crippen LogP contribution is -2.47. The summed E-state index contributed by atoms with van der Waals surface area (Å²) in [6.45, 7) is 9.32. The smallest absolute Gasteiger partial charge is 0.226 e. The van der Waals surface area contributed by atoms with E-state index < -0.39 is 0 Å². The molecule has 2 aliphatic rings. The number of benzene rings is 1. The molecule has 4 rings (SSSR count). The number of aliphatic hydroxyl groups is 1. The number of nitrogens with zero attached hydrogens (tertiary/aromatic N) is 3. The van der Waals surface area contributed by atoms with Crippen LogP contribution in [-0.2, 0) is 0 Å². The average Bonchev–Trinajstić information content (AvgIpc) is 3.19.